The lowest BCUT2D eigenvalue weighted by molar-refractivity contribution is -0.140. The number of halogens is 1. The number of alkyl halides is 1. The lowest BCUT2D eigenvalue weighted by Crippen LogP contribution is -2.00. The Morgan fingerprint density at radius 1 is 1.62 bits per heavy atom. The normalized spacial score (nSPS) is 8.62. The summed E-state index contributed by atoms with van der Waals surface area (Å²) in [6.45, 7) is 0.736. The van der Waals surface area contributed by atoms with Crippen molar-refractivity contribution in [1.29, 1.82) is 0 Å². The molecule has 0 amide bonds. The Labute approximate surface area is 52.5 Å². The number of hydrogen-bond acceptors (Lipinski definition) is 3. The molecule has 0 heterocycles. The predicted octanol–water partition coefficient (Wildman–Crippen LogP) is 0.372. The highest BCUT2D eigenvalue weighted by Crippen LogP contribution is 1.77. The van der Waals surface area contributed by atoms with Crippen LogP contribution in [0, 0.1) is 0 Å². The number of hydrogen-bond donors (Lipinski definition) is 0. The van der Waals surface area contributed by atoms with Crippen molar-refractivity contribution in [3.63, 3.8) is 0 Å². The number of rotatable bonds is 5. The highest BCUT2D eigenvalue weighted by Gasteiger charge is 1.81. The molecule has 0 aromatic rings. The molecule has 0 aliphatic rings. The van der Waals surface area contributed by atoms with Gasteiger partial charge in [-0.25, -0.2) is 0 Å². The molecule has 3 nitrogen and oxygen atoms in total. The molecule has 0 atom stereocenters. The van der Waals surface area contributed by atoms with Gasteiger partial charge in [0.2, 0.25) is 0 Å². The van der Waals surface area contributed by atoms with Crippen LogP contribution in [0.2, 0.25) is 0 Å². The zero-order valence-corrected chi connectivity index (χ0v) is 5.06. The van der Waals surface area contributed by atoms with E-state index in [1.807, 2.05) is 0 Å². The summed E-state index contributed by atoms with van der Waals surface area (Å²) in [5.74, 6) is 0.419. The maximum Gasteiger partial charge on any atom is 0.295 e. The molecule has 4 heteroatoms. The lowest BCUT2D eigenvalue weighted by atomic mass is 10.9. The molecule has 0 saturated carbocycles. The van der Waals surface area contributed by atoms with Gasteiger partial charge in [-0.2, -0.15) is 0 Å². The smallest absolute Gasteiger partial charge is 0.295 e. The van der Waals surface area contributed by atoms with Crippen molar-refractivity contribution in [3.8, 4) is 0 Å². The number of carbonyl (C=O) groups excluding carboxylic acids is 1. The second-order valence-electron chi connectivity index (χ2n) is 0.978. The standard InChI is InChI=1S/C4H7ClO3/c5-1-2-7-4-8-3-6/h3H,1-2,4H2. The summed E-state index contributed by atoms with van der Waals surface area (Å²) in [4.78, 5) is 9.43. The van der Waals surface area contributed by atoms with Crippen LogP contribution in [0.15, 0.2) is 0 Å². The van der Waals surface area contributed by atoms with E-state index in [4.69, 9.17) is 11.6 Å². The fraction of sp³-hybridized carbons (Fsp3) is 0.750. The zero-order valence-electron chi connectivity index (χ0n) is 4.30. The van der Waals surface area contributed by atoms with Gasteiger partial charge in [-0.3, -0.25) is 4.79 Å². The van der Waals surface area contributed by atoms with Crippen LogP contribution >= 0.6 is 11.6 Å². The van der Waals surface area contributed by atoms with Crippen LogP contribution in [0.1, 0.15) is 0 Å². The third kappa shape index (κ3) is 5.72. The summed E-state index contributed by atoms with van der Waals surface area (Å²) in [7, 11) is 0. The molecule has 0 N–H and O–H groups in total. The molecule has 0 aromatic carbocycles. The van der Waals surface area contributed by atoms with E-state index < -0.39 is 0 Å². The number of carbonyl (C=O) groups is 1. The number of ether oxygens (including phenoxy) is 2. The third-order valence-corrected chi connectivity index (χ3v) is 0.595. The summed E-state index contributed by atoms with van der Waals surface area (Å²) >= 11 is 5.21. The summed E-state index contributed by atoms with van der Waals surface area (Å²) in [5, 5.41) is 0. The van der Waals surface area contributed by atoms with Crippen LogP contribution in [0.5, 0.6) is 0 Å². The molecule has 0 rings (SSSR count). The van der Waals surface area contributed by atoms with Gasteiger partial charge in [0.1, 0.15) is 0 Å². The largest absolute Gasteiger partial charge is 0.441 e. The van der Waals surface area contributed by atoms with E-state index in [1.165, 1.54) is 0 Å². The van der Waals surface area contributed by atoms with E-state index >= 15 is 0 Å². The van der Waals surface area contributed by atoms with Gasteiger partial charge in [0.15, 0.2) is 6.79 Å². The molecule has 8 heavy (non-hydrogen) atoms. The van der Waals surface area contributed by atoms with Crippen molar-refractivity contribution in [3.05, 3.63) is 0 Å². The van der Waals surface area contributed by atoms with Crippen LogP contribution in [0.4, 0.5) is 0 Å². The van der Waals surface area contributed by atoms with Crippen LogP contribution in [0.25, 0.3) is 0 Å². The van der Waals surface area contributed by atoms with Gasteiger partial charge in [-0.05, 0) is 0 Å². The Kier molecular flexibility index (Phi) is 6.48. The average molecular weight is 139 g/mol. The van der Waals surface area contributed by atoms with Crippen LogP contribution < -0.4 is 0 Å². The molecule has 48 valence electrons. The summed E-state index contributed by atoms with van der Waals surface area (Å²) in [6, 6.07) is 0. The van der Waals surface area contributed by atoms with E-state index in [2.05, 4.69) is 9.47 Å². The minimum Gasteiger partial charge on any atom is -0.441 e. The van der Waals surface area contributed by atoms with Gasteiger partial charge in [0.25, 0.3) is 6.47 Å². The molecule has 0 aliphatic heterocycles. The van der Waals surface area contributed by atoms with Gasteiger partial charge in [-0.1, -0.05) is 0 Å². The minimum absolute atomic E-state index is 0.00375. The summed E-state index contributed by atoms with van der Waals surface area (Å²) in [5.41, 5.74) is 0. The van der Waals surface area contributed by atoms with Gasteiger partial charge >= 0.3 is 0 Å². The summed E-state index contributed by atoms with van der Waals surface area (Å²) < 4.78 is 8.81. The van der Waals surface area contributed by atoms with Gasteiger partial charge < -0.3 is 9.47 Å². The van der Waals surface area contributed by atoms with Gasteiger partial charge in [-0.15, -0.1) is 11.6 Å². The molecule has 0 spiro atoms. The van der Waals surface area contributed by atoms with Crippen molar-refractivity contribution in [2.75, 3.05) is 19.3 Å². The Morgan fingerprint density at radius 2 is 2.38 bits per heavy atom. The van der Waals surface area contributed by atoms with Gasteiger partial charge in [0.05, 0.1) is 6.61 Å². The molecule has 0 saturated heterocycles. The molecule has 0 aromatic heterocycles. The van der Waals surface area contributed by atoms with Crippen molar-refractivity contribution < 1.29 is 14.3 Å². The predicted molar refractivity (Wildman–Crippen MR) is 28.7 cm³/mol. The first-order valence-corrected chi connectivity index (χ1v) is 2.64. The zero-order chi connectivity index (χ0) is 6.24. The molecule has 0 aliphatic carbocycles. The monoisotopic (exact) mass is 138 g/mol. The van der Waals surface area contributed by atoms with Crippen LogP contribution in [-0.4, -0.2) is 25.8 Å². The first-order chi connectivity index (χ1) is 3.91. The molecule has 0 bridgehead atoms. The highest BCUT2D eigenvalue weighted by atomic mass is 35.5. The molecule has 0 unspecified atom stereocenters. The maximum atomic E-state index is 9.43. The van der Waals surface area contributed by atoms with Crippen molar-refractivity contribution in [1.82, 2.24) is 0 Å². The van der Waals surface area contributed by atoms with Crippen LogP contribution in [-0.2, 0) is 14.3 Å². The Balaban J connectivity index is 2.62. The van der Waals surface area contributed by atoms with Crippen molar-refractivity contribution in [2.24, 2.45) is 0 Å². The molecular weight excluding hydrogens is 131 g/mol. The molecule has 0 radical (unpaired) electrons. The topological polar surface area (TPSA) is 35.5 Å². The second-order valence-corrected chi connectivity index (χ2v) is 1.36. The molecule has 0 fully saturated rings. The summed E-state index contributed by atoms with van der Waals surface area (Å²) in [6.07, 6.45) is 0. The first-order valence-electron chi connectivity index (χ1n) is 2.10. The molecular formula is C4H7ClO3. The van der Waals surface area contributed by atoms with Gasteiger partial charge in [0, 0.05) is 5.88 Å². The van der Waals surface area contributed by atoms with E-state index in [9.17, 15) is 4.79 Å². The van der Waals surface area contributed by atoms with E-state index in [0.29, 0.717) is 19.0 Å². The minimum atomic E-state index is -0.00375. The fourth-order valence-corrected chi connectivity index (χ4v) is 0.298. The quantitative estimate of drug-likeness (QED) is 0.238. The SMILES string of the molecule is O=COCOCCCl. The lowest BCUT2D eigenvalue weighted by Gasteiger charge is -1.96. The maximum absolute atomic E-state index is 9.43. The van der Waals surface area contributed by atoms with E-state index in [1.54, 1.807) is 0 Å². The first kappa shape index (κ1) is 7.72. The van der Waals surface area contributed by atoms with Crippen LogP contribution in [0.3, 0.4) is 0 Å². The fourth-order valence-electron chi connectivity index (χ4n) is 0.189. The Hall–Kier alpha value is -0.280. The van der Waals surface area contributed by atoms with Crippen molar-refractivity contribution >= 4 is 18.1 Å². The average Bonchev–Trinajstić information content (AvgIpc) is 1.81. The second kappa shape index (κ2) is 6.72. The van der Waals surface area contributed by atoms with E-state index in [0.717, 1.165) is 0 Å². The highest BCUT2D eigenvalue weighted by molar-refractivity contribution is 6.17. The van der Waals surface area contributed by atoms with Crippen molar-refractivity contribution in [2.45, 2.75) is 0 Å². The Bertz CT molecular complexity index is 57.2. The third-order valence-electron chi connectivity index (χ3n) is 0.441. The van der Waals surface area contributed by atoms with E-state index in [-0.39, 0.29) is 6.79 Å². The Morgan fingerprint density at radius 3 is 2.88 bits per heavy atom.